The van der Waals surface area contributed by atoms with Gasteiger partial charge in [-0.05, 0) is 76.7 Å². The Hall–Kier alpha value is -4.00. The standard InChI is InChI=1S/C26H25FN2O4/c1-15-20(9-16-10-23(32-3)25(30)24(11-16)33-4)19-6-5-18(27)12-21(19)22(15)13-28-26(31)17-7-8-29(2)14-17/h5-12,14,30H,13H2,1-4H3,(H,28,31). The van der Waals surface area contributed by atoms with Gasteiger partial charge in [0.15, 0.2) is 11.5 Å². The quantitative estimate of drug-likeness (QED) is 0.576. The maximum atomic E-state index is 14.1. The Labute approximate surface area is 191 Å². The second-order valence-corrected chi connectivity index (χ2v) is 7.87. The van der Waals surface area contributed by atoms with Crippen molar-refractivity contribution >= 4 is 23.1 Å². The average Bonchev–Trinajstić information content (AvgIpc) is 3.34. The number of amides is 1. The topological polar surface area (TPSA) is 72.7 Å². The summed E-state index contributed by atoms with van der Waals surface area (Å²) in [5.41, 5.74) is 5.58. The van der Waals surface area contributed by atoms with Crippen molar-refractivity contribution in [3.8, 4) is 17.2 Å². The average molecular weight is 448 g/mol. The number of carbonyl (C=O) groups excluding carboxylic acids is 1. The molecule has 6 nitrogen and oxygen atoms in total. The maximum absolute atomic E-state index is 14.1. The number of aromatic hydroxyl groups is 1. The Morgan fingerprint density at radius 2 is 1.82 bits per heavy atom. The molecule has 0 radical (unpaired) electrons. The van der Waals surface area contributed by atoms with Crippen molar-refractivity contribution in [2.45, 2.75) is 6.92 Å². The van der Waals surface area contributed by atoms with Crippen LogP contribution < -0.4 is 14.8 Å². The minimum atomic E-state index is -0.345. The van der Waals surface area contributed by atoms with Crippen LogP contribution in [0.3, 0.4) is 0 Å². The summed E-state index contributed by atoms with van der Waals surface area (Å²) in [6.45, 7) is 2.21. The largest absolute Gasteiger partial charge is 0.502 e. The van der Waals surface area contributed by atoms with Gasteiger partial charge in [0.05, 0.1) is 19.8 Å². The van der Waals surface area contributed by atoms with Gasteiger partial charge in [-0.3, -0.25) is 4.79 Å². The number of halogens is 1. The lowest BCUT2D eigenvalue weighted by molar-refractivity contribution is 0.0958. The Kier molecular flexibility index (Phi) is 5.96. The summed E-state index contributed by atoms with van der Waals surface area (Å²) in [7, 11) is 4.79. The molecule has 2 aromatic carbocycles. The first-order valence-electron chi connectivity index (χ1n) is 10.4. The number of aryl methyl sites for hydroxylation is 1. The summed E-state index contributed by atoms with van der Waals surface area (Å²) in [6.07, 6.45) is 5.49. The highest BCUT2D eigenvalue weighted by Gasteiger charge is 2.25. The van der Waals surface area contributed by atoms with Crippen LogP contribution >= 0.6 is 0 Å². The van der Waals surface area contributed by atoms with Gasteiger partial charge in [0, 0.05) is 26.0 Å². The molecule has 0 bridgehead atoms. The SMILES string of the molecule is COc1cc(C=C2C(C)=C(CNC(=O)c3ccn(C)c3)c3cc(F)ccc32)cc(OC)c1O. The number of methoxy groups -OCH3 is 2. The lowest BCUT2D eigenvalue weighted by Gasteiger charge is -2.11. The van der Waals surface area contributed by atoms with Crippen LogP contribution in [0.1, 0.15) is 34.0 Å². The smallest absolute Gasteiger partial charge is 0.253 e. The fourth-order valence-electron chi connectivity index (χ4n) is 4.05. The number of allylic oxidation sites excluding steroid dienone is 2. The normalized spacial score (nSPS) is 13.9. The van der Waals surface area contributed by atoms with Gasteiger partial charge >= 0.3 is 0 Å². The molecular formula is C26H25FN2O4. The molecule has 0 fully saturated rings. The molecule has 33 heavy (non-hydrogen) atoms. The molecule has 1 amide bonds. The number of rotatable bonds is 6. The van der Waals surface area contributed by atoms with Gasteiger partial charge in [-0.2, -0.15) is 0 Å². The molecule has 0 aliphatic heterocycles. The van der Waals surface area contributed by atoms with Crippen LogP contribution in [0.15, 0.2) is 54.4 Å². The Bertz CT molecular complexity index is 1280. The molecular weight excluding hydrogens is 423 g/mol. The van der Waals surface area contributed by atoms with Crippen LogP contribution in [-0.2, 0) is 7.05 Å². The molecule has 0 saturated carbocycles. The van der Waals surface area contributed by atoms with E-state index in [0.29, 0.717) is 5.56 Å². The molecule has 7 heteroatoms. The van der Waals surface area contributed by atoms with Crippen molar-refractivity contribution in [3.05, 3.63) is 82.4 Å². The van der Waals surface area contributed by atoms with Gasteiger partial charge in [0.1, 0.15) is 5.82 Å². The van der Waals surface area contributed by atoms with Gasteiger partial charge in [-0.15, -0.1) is 0 Å². The van der Waals surface area contributed by atoms with Crippen molar-refractivity contribution in [2.24, 2.45) is 7.05 Å². The zero-order valence-corrected chi connectivity index (χ0v) is 18.9. The molecule has 2 N–H and O–H groups in total. The van der Waals surface area contributed by atoms with E-state index in [0.717, 1.165) is 33.4 Å². The van der Waals surface area contributed by atoms with Gasteiger partial charge in [0.2, 0.25) is 5.75 Å². The molecule has 0 saturated heterocycles. The van der Waals surface area contributed by atoms with Gasteiger partial charge in [-0.1, -0.05) is 6.07 Å². The Morgan fingerprint density at radius 3 is 2.42 bits per heavy atom. The third kappa shape index (κ3) is 4.22. The third-order valence-electron chi connectivity index (χ3n) is 5.79. The first kappa shape index (κ1) is 22.2. The molecule has 1 aliphatic carbocycles. The second-order valence-electron chi connectivity index (χ2n) is 7.87. The van der Waals surface area contributed by atoms with Crippen molar-refractivity contribution in [1.29, 1.82) is 0 Å². The molecule has 0 unspecified atom stereocenters. The number of carbonyl (C=O) groups is 1. The summed E-state index contributed by atoms with van der Waals surface area (Å²) < 4.78 is 26.5. The third-order valence-corrected chi connectivity index (χ3v) is 5.79. The first-order chi connectivity index (χ1) is 15.8. The number of benzene rings is 2. The lowest BCUT2D eigenvalue weighted by atomic mass is 10.00. The van der Waals surface area contributed by atoms with Crippen LogP contribution in [0.25, 0.3) is 17.2 Å². The lowest BCUT2D eigenvalue weighted by Crippen LogP contribution is -2.25. The molecule has 0 atom stereocenters. The highest BCUT2D eigenvalue weighted by molar-refractivity contribution is 6.06. The van der Waals surface area contributed by atoms with Gasteiger partial charge in [0.25, 0.3) is 5.91 Å². The molecule has 1 heterocycles. The van der Waals surface area contributed by atoms with E-state index in [2.05, 4.69) is 5.32 Å². The highest BCUT2D eigenvalue weighted by Crippen LogP contribution is 2.44. The maximum Gasteiger partial charge on any atom is 0.253 e. The van der Waals surface area contributed by atoms with E-state index in [1.54, 1.807) is 41.2 Å². The van der Waals surface area contributed by atoms with E-state index in [1.165, 1.54) is 26.4 Å². The van der Waals surface area contributed by atoms with Crippen LogP contribution in [0.2, 0.25) is 0 Å². The van der Waals surface area contributed by atoms with Crippen LogP contribution in [0.4, 0.5) is 4.39 Å². The molecule has 1 aliphatic rings. The van der Waals surface area contributed by atoms with Crippen LogP contribution in [0, 0.1) is 5.82 Å². The predicted molar refractivity (Wildman–Crippen MR) is 126 cm³/mol. The summed E-state index contributed by atoms with van der Waals surface area (Å²) >= 11 is 0. The van der Waals surface area contributed by atoms with Crippen molar-refractivity contribution < 1.29 is 23.8 Å². The van der Waals surface area contributed by atoms with E-state index in [4.69, 9.17) is 9.47 Å². The van der Waals surface area contributed by atoms with E-state index in [-0.39, 0.29) is 35.5 Å². The second kappa shape index (κ2) is 8.86. The van der Waals surface area contributed by atoms with Crippen molar-refractivity contribution in [2.75, 3.05) is 20.8 Å². The Balaban J connectivity index is 1.73. The zero-order chi connectivity index (χ0) is 23.7. The van der Waals surface area contributed by atoms with E-state index >= 15 is 0 Å². The molecule has 3 aromatic rings. The van der Waals surface area contributed by atoms with Gasteiger partial charge in [-0.25, -0.2) is 4.39 Å². The van der Waals surface area contributed by atoms with Crippen LogP contribution in [-0.4, -0.2) is 36.3 Å². The van der Waals surface area contributed by atoms with E-state index in [1.807, 2.05) is 20.0 Å². The van der Waals surface area contributed by atoms with E-state index in [9.17, 15) is 14.3 Å². The van der Waals surface area contributed by atoms with Crippen molar-refractivity contribution in [1.82, 2.24) is 9.88 Å². The monoisotopic (exact) mass is 448 g/mol. The summed E-state index contributed by atoms with van der Waals surface area (Å²) in [4.78, 5) is 12.6. The van der Waals surface area contributed by atoms with Crippen LogP contribution in [0.5, 0.6) is 17.2 Å². The van der Waals surface area contributed by atoms with Crippen molar-refractivity contribution in [3.63, 3.8) is 0 Å². The summed E-state index contributed by atoms with van der Waals surface area (Å²) in [5.74, 6) is -0.0411. The summed E-state index contributed by atoms with van der Waals surface area (Å²) in [6, 6.07) is 9.80. The Morgan fingerprint density at radius 1 is 1.12 bits per heavy atom. The fraction of sp³-hybridized carbons (Fsp3) is 0.192. The number of phenolic OH excluding ortho intramolecular Hbond substituents is 1. The fourth-order valence-corrected chi connectivity index (χ4v) is 4.05. The number of phenols is 1. The van der Waals surface area contributed by atoms with E-state index < -0.39 is 0 Å². The molecule has 1 aromatic heterocycles. The molecule has 0 spiro atoms. The minimum absolute atomic E-state index is 0.0763. The minimum Gasteiger partial charge on any atom is -0.502 e. The zero-order valence-electron chi connectivity index (χ0n) is 18.9. The van der Waals surface area contributed by atoms with Gasteiger partial charge < -0.3 is 24.5 Å². The number of hydrogen-bond acceptors (Lipinski definition) is 4. The number of hydrogen-bond donors (Lipinski definition) is 2. The molecule has 170 valence electrons. The molecule has 4 rings (SSSR count). The number of ether oxygens (including phenoxy) is 2. The predicted octanol–water partition coefficient (Wildman–Crippen LogP) is 4.64. The number of nitrogens with one attached hydrogen (secondary N) is 1. The first-order valence-corrected chi connectivity index (χ1v) is 10.4. The number of nitrogens with zero attached hydrogens (tertiary/aromatic N) is 1. The number of fused-ring (bicyclic) bond motifs is 1. The number of aromatic nitrogens is 1. The highest BCUT2D eigenvalue weighted by atomic mass is 19.1. The summed E-state index contributed by atoms with van der Waals surface area (Å²) in [5, 5.41) is 13.2.